The molecule has 0 aliphatic carbocycles. The molecule has 2 aromatic heterocycles. The standard InChI is InChI=1S/C14H15N5O2/c1-2-7-18-12(15-9-16-18)8-19-11-6-4-3-5-10(11)13(17-19)14(20)21/h3-6,9H,2,7-8H2,1H3,(H,20,21). The fraction of sp³-hybridized carbons (Fsp3) is 0.286. The summed E-state index contributed by atoms with van der Waals surface area (Å²) < 4.78 is 3.48. The third kappa shape index (κ3) is 2.37. The van der Waals surface area contributed by atoms with Gasteiger partial charge in [0, 0.05) is 11.9 Å². The van der Waals surface area contributed by atoms with E-state index in [-0.39, 0.29) is 5.69 Å². The van der Waals surface area contributed by atoms with Gasteiger partial charge in [-0.1, -0.05) is 25.1 Å². The van der Waals surface area contributed by atoms with E-state index < -0.39 is 5.97 Å². The molecule has 0 atom stereocenters. The molecule has 0 bridgehead atoms. The molecule has 0 amide bonds. The molecule has 0 fully saturated rings. The molecule has 0 saturated heterocycles. The highest BCUT2D eigenvalue weighted by atomic mass is 16.4. The molecule has 2 heterocycles. The fourth-order valence-electron chi connectivity index (χ4n) is 2.35. The van der Waals surface area contributed by atoms with Gasteiger partial charge in [0.15, 0.2) is 5.69 Å². The van der Waals surface area contributed by atoms with E-state index >= 15 is 0 Å². The molecular formula is C14H15N5O2. The first-order valence-corrected chi connectivity index (χ1v) is 6.76. The van der Waals surface area contributed by atoms with Crippen molar-refractivity contribution in [2.24, 2.45) is 0 Å². The van der Waals surface area contributed by atoms with Crippen molar-refractivity contribution in [1.82, 2.24) is 24.5 Å². The van der Waals surface area contributed by atoms with Gasteiger partial charge >= 0.3 is 5.97 Å². The van der Waals surface area contributed by atoms with Gasteiger partial charge in [0.05, 0.1) is 5.52 Å². The Morgan fingerprint density at radius 1 is 1.29 bits per heavy atom. The van der Waals surface area contributed by atoms with Gasteiger partial charge in [0.1, 0.15) is 18.7 Å². The van der Waals surface area contributed by atoms with Gasteiger partial charge in [-0.15, -0.1) is 0 Å². The van der Waals surface area contributed by atoms with Crippen LogP contribution in [-0.4, -0.2) is 35.6 Å². The fourth-order valence-corrected chi connectivity index (χ4v) is 2.35. The summed E-state index contributed by atoms with van der Waals surface area (Å²) >= 11 is 0. The summed E-state index contributed by atoms with van der Waals surface area (Å²) in [6.07, 6.45) is 2.46. The number of aromatic carboxylic acids is 1. The number of benzene rings is 1. The SMILES string of the molecule is CCCn1ncnc1Cn1nc(C(=O)O)c2ccccc21. The third-order valence-electron chi connectivity index (χ3n) is 3.28. The summed E-state index contributed by atoms with van der Waals surface area (Å²) in [6.45, 7) is 3.24. The van der Waals surface area contributed by atoms with Crippen LogP contribution in [0.15, 0.2) is 30.6 Å². The van der Waals surface area contributed by atoms with Crippen LogP contribution in [0.1, 0.15) is 29.7 Å². The van der Waals surface area contributed by atoms with Crippen LogP contribution < -0.4 is 0 Å². The smallest absolute Gasteiger partial charge is 0.357 e. The monoisotopic (exact) mass is 285 g/mol. The molecule has 0 aliphatic heterocycles. The molecule has 21 heavy (non-hydrogen) atoms. The van der Waals surface area contributed by atoms with Crippen molar-refractivity contribution in [3.63, 3.8) is 0 Å². The number of hydrogen-bond donors (Lipinski definition) is 1. The Balaban J connectivity index is 2.04. The molecule has 3 rings (SSSR count). The van der Waals surface area contributed by atoms with Gasteiger partial charge < -0.3 is 5.11 Å². The number of carboxylic acid groups (broad SMARTS) is 1. The molecule has 0 radical (unpaired) electrons. The van der Waals surface area contributed by atoms with Gasteiger partial charge in [0.2, 0.25) is 0 Å². The largest absolute Gasteiger partial charge is 0.476 e. The van der Waals surface area contributed by atoms with Crippen molar-refractivity contribution in [3.8, 4) is 0 Å². The molecular weight excluding hydrogens is 270 g/mol. The molecule has 1 aromatic carbocycles. The summed E-state index contributed by atoms with van der Waals surface area (Å²) in [7, 11) is 0. The van der Waals surface area contributed by atoms with Crippen molar-refractivity contribution >= 4 is 16.9 Å². The van der Waals surface area contributed by atoms with Crippen LogP contribution in [0.2, 0.25) is 0 Å². The van der Waals surface area contributed by atoms with Crippen molar-refractivity contribution in [2.75, 3.05) is 0 Å². The first-order chi connectivity index (χ1) is 10.2. The summed E-state index contributed by atoms with van der Waals surface area (Å²) in [5, 5.41) is 18.3. The van der Waals surface area contributed by atoms with Gasteiger partial charge in [-0.2, -0.15) is 10.2 Å². The highest BCUT2D eigenvalue weighted by Crippen LogP contribution is 2.19. The molecule has 0 aliphatic rings. The number of para-hydroxylation sites is 1. The Morgan fingerprint density at radius 3 is 2.86 bits per heavy atom. The second kappa shape index (κ2) is 5.35. The highest BCUT2D eigenvalue weighted by molar-refractivity contribution is 6.01. The Hall–Kier alpha value is -2.70. The zero-order valence-electron chi connectivity index (χ0n) is 11.6. The number of rotatable bonds is 5. The predicted octanol–water partition coefficient (Wildman–Crippen LogP) is 1.78. The number of nitrogens with zero attached hydrogens (tertiary/aromatic N) is 5. The minimum absolute atomic E-state index is 0.0622. The Labute approximate surface area is 120 Å². The topological polar surface area (TPSA) is 85.8 Å². The van der Waals surface area contributed by atoms with Crippen molar-refractivity contribution in [2.45, 2.75) is 26.4 Å². The lowest BCUT2D eigenvalue weighted by molar-refractivity contribution is 0.0691. The van der Waals surface area contributed by atoms with E-state index in [0.29, 0.717) is 11.9 Å². The van der Waals surface area contributed by atoms with E-state index in [9.17, 15) is 9.90 Å². The van der Waals surface area contributed by atoms with Crippen molar-refractivity contribution in [1.29, 1.82) is 0 Å². The van der Waals surface area contributed by atoms with E-state index in [1.165, 1.54) is 6.33 Å². The van der Waals surface area contributed by atoms with Crippen molar-refractivity contribution < 1.29 is 9.90 Å². The Morgan fingerprint density at radius 2 is 2.10 bits per heavy atom. The number of aryl methyl sites for hydroxylation is 1. The second-order valence-electron chi connectivity index (χ2n) is 4.73. The van der Waals surface area contributed by atoms with Crippen LogP contribution >= 0.6 is 0 Å². The van der Waals surface area contributed by atoms with Gasteiger partial charge in [0.25, 0.3) is 0 Å². The number of aromatic nitrogens is 5. The zero-order valence-corrected chi connectivity index (χ0v) is 11.6. The number of carboxylic acids is 1. The van der Waals surface area contributed by atoms with E-state index in [2.05, 4.69) is 22.1 Å². The lowest BCUT2D eigenvalue weighted by atomic mass is 10.2. The van der Waals surface area contributed by atoms with Gasteiger partial charge in [-0.3, -0.25) is 4.68 Å². The molecule has 7 heteroatoms. The van der Waals surface area contributed by atoms with Crippen LogP contribution in [0.3, 0.4) is 0 Å². The molecule has 108 valence electrons. The van der Waals surface area contributed by atoms with E-state index in [4.69, 9.17) is 0 Å². The summed E-state index contributed by atoms with van der Waals surface area (Å²) in [4.78, 5) is 15.5. The molecule has 0 saturated carbocycles. The van der Waals surface area contributed by atoms with Crippen LogP contribution in [-0.2, 0) is 13.1 Å². The maximum absolute atomic E-state index is 11.3. The van der Waals surface area contributed by atoms with Crippen LogP contribution in [0, 0.1) is 0 Å². The summed E-state index contributed by atoms with van der Waals surface area (Å²) in [5.74, 6) is -0.262. The molecule has 0 unspecified atom stereocenters. The third-order valence-corrected chi connectivity index (χ3v) is 3.28. The van der Waals surface area contributed by atoms with Crippen LogP contribution in [0.4, 0.5) is 0 Å². The maximum Gasteiger partial charge on any atom is 0.357 e. The quantitative estimate of drug-likeness (QED) is 0.772. The zero-order chi connectivity index (χ0) is 14.8. The van der Waals surface area contributed by atoms with E-state index in [1.54, 1.807) is 16.8 Å². The number of fused-ring (bicyclic) bond motifs is 1. The summed E-state index contributed by atoms with van der Waals surface area (Å²) in [6, 6.07) is 7.29. The Bertz CT molecular complexity index is 790. The van der Waals surface area contributed by atoms with Gasteiger partial charge in [-0.05, 0) is 12.5 Å². The average molecular weight is 285 g/mol. The number of carbonyl (C=O) groups is 1. The van der Waals surface area contributed by atoms with Crippen molar-refractivity contribution in [3.05, 3.63) is 42.1 Å². The summed E-state index contributed by atoms with van der Waals surface area (Å²) in [5.41, 5.74) is 0.841. The Kier molecular flexibility index (Phi) is 3.39. The van der Waals surface area contributed by atoms with E-state index in [1.807, 2.05) is 16.8 Å². The average Bonchev–Trinajstić information content (AvgIpc) is 3.06. The predicted molar refractivity (Wildman–Crippen MR) is 76.1 cm³/mol. The molecule has 0 spiro atoms. The minimum Gasteiger partial charge on any atom is -0.476 e. The van der Waals surface area contributed by atoms with E-state index in [0.717, 1.165) is 24.3 Å². The first kappa shape index (κ1) is 13.3. The first-order valence-electron chi connectivity index (χ1n) is 6.76. The normalized spacial score (nSPS) is 11.1. The second-order valence-corrected chi connectivity index (χ2v) is 4.73. The van der Waals surface area contributed by atoms with Gasteiger partial charge in [-0.25, -0.2) is 14.5 Å². The van der Waals surface area contributed by atoms with Crippen LogP contribution in [0.25, 0.3) is 10.9 Å². The molecule has 3 aromatic rings. The molecule has 1 N–H and O–H groups in total. The number of hydrogen-bond acceptors (Lipinski definition) is 4. The lowest BCUT2D eigenvalue weighted by Crippen LogP contribution is -2.11. The van der Waals surface area contributed by atoms with Crippen LogP contribution in [0.5, 0.6) is 0 Å². The molecule has 7 nitrogen and oxygen atoms in total. The lowest BCUT2D eigenvalue weighted by Gasteiger charge is -2.05. The maximum atomic E-state index is 11.3. The minimum atomic E-state index is -1.03. The highest BCUT2D eigenvalue weighted by Gasteiger charge is 2.17.